The number of amides is 1. The minimum absolute atomic E-state index is 0.168. The van der Waals surface area contributed by atoms with Crippen molar-refractivity contribution in [2.75, 3.05) is 7.11 Å². The van der Waals surface area contributed by atoms with E-state index in [1.54, 1.807) is 37.6 Å². The zero-order valence-electron chi connectivity index (χ0n) is 10.7. The summed E-state index contributed by atoms with van der Waals surface area (Å²) in [5.41, 5.74) is 1.44. The number of nitrogens with zero attached hydrogens (tertiary/aromatic N) is 1. The fourth-order valence-electron chi connectivity index (χ4n) is 1.56. The van der Waals surface area contributed by atoms with E-state index in [0.29, 0.717) is 27.5 Å². The highest BCUT2D eigenvalue weighted by Gasteiger charge is 2.07. The SMILES string of the molecule is COc1ccc(CNC(=O)c2ccc(Cl)c(Br)c2)cn1. The number of methoxy groups -OCH3 is 1. The van der Waals surface area contributed by atoms with Gasteiger partial charge in [0.05, 0.1) is 12.1 Å². The number of rotatable bonds is 4. The zero-order valence-corrected chi connectivity index (χ0v) is 13.0. The number of halogens is 2. The number of pyridine rings is 1. The molecule has 1 amide bonds. The maximum absolute atomic E-state index is 12.0. The van der Waals surface area contributed by atoms with Crippen LogP contribution in [0.5, 0.6) is 5.88 Å². The van der Waals surface area contributed by atoms with E-state index in [1.165, 1.54) is 0 Å². The number of hydrogen-bond donors (Lipinski definition) is 1. The van der Waals surface area contributed by atoms with E-state index in [4.69, 9.17) is 16.3 Å². The van der Waals surface area contributed by atoms with Crippen LogP contribution in [0.25, 0.3) is 0 Å². The molecule has 0 unspecified atom stereocenters. The summed E-state index contributed by atoms with van der Waals surface area (Å²) in [6.45, 7) is 0.399. The van der Waals surface area contributed by atoms with Crippen molar-refractivity contribution in [3.8, 4) is 5.88 Å². The predicted molar refractivity (Wildman–Crippen MR) is 81.1 cm³/mol. The highest BCUT2D eigenvalue weighted by molar-refractivity contribution is 9.10. The molecule has 0 aliphatic carbocycles. The minimum atomic E-state index is -0.168. The minimum Gasteiger partial charge on any atom is -0.481 e. The molecule has 0 fully saturated rings. The van der Waals surface area contributed by atoms with Crippen molar-refractivity contribution in [2.24, 2.45) is 0 Å². The van der Waals surface area contributed by atoms with Crippen LogP contribution in [0.2, 0.25) is 5.02 Å². The standard InChI is InChI=1S/C14H12BrClN2O2/c1-20-13-5-2-9(7-17-13)8-18-14(19)10-3-4-12(16)11(15)6-10/h2-7H,8H2,1H3,(H,18,19). The molecule has 2 rings (SSSR count). The topological polar surface area (TPSA) is 51.2 Å². The van der Waals surface area contributed by atoms with Crippen molar-refractivity contribution >= 4 is 33.4 Å². The Morgan fingerprint density at radius 3 is 2.80 bits per heavy atom. The third-order valence-electron chi connectivity index (χ3n) is 2.64. The van der Waals surface area contributed by atoms with E-state index in [2.05, 4.69) is 26.2 Å². The van der Waals surface area contributed by atoms with Gasteiger partial charge in [0.15, 0.2) is 0 Å². The summed E-state index contributed by atoms with van der Waals surface area (Å²) < 4.78 is 5.66. The molecule has 0 radical (unpaired) electrons. The molecule has 1 aromatic carbocycles. The van der Waals surface area contributed by atoms with E-state index in [1.807, 2.05) is 6.07 Å². The maximum Gasteiger partial charge on any atom is 0.251 e. The molecule has 0 saturated carbocycles. The van der Waals surface area contributed by atoms with Crippen LogP contribution in [0, 0.1) is 0 Å². The fourth-order valence-corrected chi connectivity index (χ4v) is 2.05. The van der Waals surface area contributed by atoms with Crippen LogP contribution in [0.15, 0.2) is 41.0 Å². The Kier molecular flexibility index (Phi) is 4.98. The van der Waals surface area contributed by atoms with Gasteiger partial charge in [-0.2, -0.15) is 0 Å². The number of ether oxygens (including phenoxy) is 1. The molecule has 0 atom stereocenters. The number of nitrogens with one attached hydrogen (secondary N) is 1. The highest BCUT2D eigenvalue weighted by atomic mass is 79.9. The highest BCUT2D eigenvalue weighted by Crippen LogP contribution is 2.23. The van der Waals surface area contributed by atoms with E-state index in [0.717, 1.165) is 5.56 Å². The molecule has 1 aromatic heterocycles. The van der Waals surface area contributed by atoms with Gasteiger partial charge in [-0.1, -0.05) is 17.7 Å². The largest absolute Gasteiger partial charge is 0.481 e. The predicted octanol–water partition coefficient (Wildman–Crippen LogP) is 3.44. The summed E-state index contributed by atoms with van der Waals surface area (Å²) in [7, 11) is 1.56. The second kappa shape index (κ2) is 6.72. The van der Waals surface area contributed by atoms with Crippen LogP contribution >= 0.6 is 27.5 Å². The van der Waals surface area contributed by atoms with Crippen LogP contribution in [0.1, 0.15) is 15.9 Å². The lowest BCUT2D eigenvalue weighted by molar-refractivity contribution is 0.0951. The average Bonchev–Trinajstić information content (AvgIpc) is 2.48. The zero-order chi connectivity index (χ0) is 14.5. The lowest BCUT2D eigenvalue weighted by Gasteiger charge is -2.06. The van der Waals surface area contributed by atoms with Crippen molar-refractivity contribution in [2.45, 2.75) is 6.54 Å². The Bertz CT molecular complexity index is 617. The molecule has 0 spiro atoms. The Balaban J connectivity index is 1.98. The first-order valence-corrected chi connectivity index (χ1v) is 6.99. The fraction of sp³-hybridized carbons (Fsp3) is 0.143. The average molecular weight is 356 g/mol. The van der Waals surface area contributed by atoms with Gasteiger partial charge >= 0.3 is 0 Å². The van der Waals surface area contributed by atoms with Gasteiger partial charge in [0.2, 0.25) is 5.88 Å². The molecule has 1 heterocycles. The van der Waals surface area contributed by atoms with Crippen LogP contribution in [-0.4, -0.2) is 18.0 Å². The van der Waals surface area contributed by atoms with E-state index >= 15 is 0 Å². The van der Waals surface area contributed by atoms with Gasteiger partial charge in [-0.25, -0.2) is 4.98 Å². The lowest BCUT2D eigenvalue weighted by Crippen LogP contribution is -2.22. The Morgan fingerprint density at radius 1 is 1.40 bits per heavy atom. The maximum atomic E-state index is 12.0. The summed E-state index contributed by atoms with van der Waals surface area (Å²) in [6.07, 6.45) is 1.66. The second-order valence-electron chi connectivity index (χ2n) is 4.02. The molecule has 0 bridgehead atoms. The number of hydrogen-bond acceptors (Lipinski definition) is 3. The van der Waals surface area contributed by atoms with Crippen molar-refractivity contribution in [1.82, 2.24) is 10.3 Å². The van der Waals surface area contributed by atoms with Crippen molar-refractivity contribution < 1.29 is 9.53 Å². The summed E-state index contributed by atoms with van der Waals surface area (Å²) in [4.78, 5) is 16.1. The van der Waals surface area contributed by atoms with Gasteiger partial charge in [-0.3, -0.25) is 4.79 Å². The number of benzene rings is 1. The molecule has 20 heavy (non-hydrogen) atoms. The first kappa shape index (κ1) is 14.8. The monoisotopic (exact) mass is 354 g/mol. The van der Waals surface area contributed by atoms with Crippen molar-refractivity contribution in [3.63, 3.8) is 0 Å². The molecule has 2 aromatic rings. The molecule has 104 valence electrons. The number of carbonyl (C=O) groups excluding carboxylic acids is 1. The van der Waals surface area contributed by atoms with Crippen LogP contribution in [0.4, 0.5) is 0 Å². The summed E-state index contributed by atoms with van der Waals surface area (Å²) in [5, 5.41) is 3.39. The molecular weight excluding hydrogens is 344 g/mol. The van der Waals surface area contributed by atoms with E-state index < -0.39 is 0 Å². The first-order chi connectivity index (χ1) is 9.60. The molecule has 4 nitrogen and oxygen atoms in total. The summed E-state index contributed by atoms with van der Waals surface area (Å²) >= 11 is 9.18. The van der Waals surface area contributed by atoms with Gasteiger partial charge in [0.1, 0.15) is 0 Å². The van der Waals surface area contributed by atoms with Crippen molar-refractivity contribution in [1.29, 1.82) is 0 Å². The molecule has 0 saturated heterocycles. The molecule has 6 heteroatoms. The van der Waals surface area contributed by atoms with Crippen LogP contribution < -0.4 is 10.1 Å². The third-order valence-corrected chi connectivity index (χ3v) is 3.86. The van der Waals surface area contributed by atoms with Crippen molar-refractivity contribution in [3.05, 3.63) is 57.2 Å². The molecule has 0 aliphatic heterocycles. The number of aromatic nitrogens is 1. The van der Waals surface area contributed by atoms with Crippen LogP contribution in [0.3, 0.4) is 0 Å². The van der Waals surface area contributed by atoms with Gasteiger partial charge in [-0.05, 0) is 39.7 Å². The Hall–Kier alpha value is -1.59. The third kappa shape index (κ3) is 3.71. The number of carbonyl (C=O) groups is 1. The Labute approximate surface area is 130 Å². The van der Waals surface area contributed by atoms with Gasteiger partial charge in [-0.15, -0.1) is 0 Å². The first-order valence-electron chi connectivity index (χ1n) is 5.82. The van der Waals surface area contributed by atoms with E-state index in [9.17, 15) is 4.79 Å². The van der Waals surface area contributed by atoms with E-state index in [-0.39, 0.29) is 5.91 Å². The van der Waals surface area contributed by atoms with Gasteiger partial charge < -0.3 is 10.1 Å². The molecule has 0 aliphatic rings. The smallest absolute Gasteiger partial charge is 0.251 e. The quantitative estimate of drug-likeness (QED) is 0.914. The summed E-state index contributed by atoms with van der Waals surface area (Å²) in [5.74, 6) is 0.375. The molecule has 1 N–H and O–H groups in total. The summed E-state index contributed by atoms with van der Waals surface area (Å²) in [6, 6.07) is 8.64. The van der Waals surface area contributed by atoms with Gasteiger partial charge in [0, 0.05) is 28.8 Å². The Morgan fingerprint density at radius 2 is 2.20 bits per heavy atom. The lowest BCUT2D eigenvalue weighted by atomic mass is 10.2. The second-order valence-corrected chi connectivity index (χ2v) is 5.28. The normalized spacial score (nSPS) is 10.2. The molecular formula is C14H12BrClN2O2. The van der Waals surface area contributed by atoms with Gasteiger partial charge in [0.25, 0.3) is 5.91 Å². The van der Waals surface area contributed by atoms with Crippen LogP contribution in [-0.2, 0) is 6.54 Å².